The van der Waals surface area contributed by atoms with Gasteiger partial charge in [0.15, 0.2) is 5.16 Å². The van der Waals surface area contributed by atoms with Crippen LogP contribution in [0.2, 0.25) is 0 Å². The van der Waals surface area contributed by atoms with Gasteiger partial charge < -0.3 is 10.3 Å². The van der Waals surface area contributed by atoms with E-state index in [0.717, 1.165) is 18.5 Å². The number of rotatable bonds is 5. The van der Waals surface area contributed by atoms with Crippen LogP contribution in [0.5, 0.6) is 0 Å². The van der Waals surface area contributed by atoms with Gasteiger partial charge in [0, 0.05) is 12.1 Å². The molecule has 0 bridgehead atoms. The maximum atomic E-state index is 11.9. The fourth-order valence-electron chi connectivity index (χ4n) is 2.47. The molecule has 0 radical (unpaired) electrons. The molecule has 116 valence electrons. The first-order chi connectivity index (χ1) is 10.0. The summed E-state index contributed by atoms with van der Waals surface area (Å²) in [4.78, 5) is 30.6. The van der Waals surface area contributed by atoms with Gasteiger partial charge in [-0.3, -0.25) is 9.59 Å². The van der Waals surface area contributed by atoms with E-state index in [9.17, 15) is 9.59 Å². The normalized spacial score (nSPS) is 16.1. The number of aromatic amines is 1. The maximum absolute atomic E-state index is 11.9. The van der Waals surface area contributed by atoms with Crippen LogP contribution in [-0.2, 0) is 4.79 Å². The lowest BCUT2D eigenvalue weighted by atomic mass is 9.95. The summed E-state index contributed by atoms with van der Waals surface area (Å²) in [7, 11) is 0. The lowest BCUT2D eigenvalue weighted by molar-refractivity contribution is -0.119. The Morgan fingerprint density at radius 1 is 1.43 bits per heavy atom. The summed E-state index contributed by atoms with van der Waals surface area (Å²) in [6.07, 6.45) is 5.82. The predicted molar refractivity (Wildman–Crippen MR) is 84.7 cm³/mol. The average molecular weight is 309 g/mol. The van der Waals surface area contributed by atoms with E-state index >= 15 is 0 Å². The van der Waals surface area contributed by atoms with Gasteiger partial charge in [0.25, 0.3) is 5.56 Å². The minimum absolute atomic E-state index is 0.0181. The van der Waals surface area contributed by atoms with Crippen molar-refractivity contribution in [3.05, 3.63) is 22.1 Å². The minimum Gasteiger partial charge on any atom is -0.353 e. The molecular weight excluding hydrogens is 286 g/mol. The highest BCUT2D eigenvalue weighted by Crippen LogP contribution is 2.18. The number of carbonyl (C=O) groups is 1. The van der Waals surface area contributed by atoms with Gasteiger partial charge in [-0.25, -0.2) is 4.98 Å². The topological polar surface area (TPSA) is 74.8 Å². The monoisotopic (exact) mass is 309 g/mol. The van der Waals surface area contributed by atoms with Crippen molar-refractivity contribution in [2.45, 2.75) is 63.1 Å². The molecule has 1 aromatic rings. The first kappa shape index (κ1) is 16.1. The fraction of sp³-hybridized carbons (Fsp3) is 0.667. The number of thioether (sulfide) groups is 1. The molecule has 5 nitrogen and oxygen atoms in total. The first-order valence-corrected chi connectivity index (χ1v) is 8.56. The van der Waals surface area contributed by atoms with E-state index < -0.39 is 0 Å². The van der Waals surface area contributed by atoms with Crippen LogP contribution in [0.1, 0.15) is 57.6 Å². The van der Waals surface area contributed by atoms with Crippen LogP contribution < -0.4 is 10.9 Å². The Bertz CT molecular complexity index is 536. The zero-order valence-electron chi connectivity index (χ0n) is 12.6. The zero-order valence-corrected chi connectivity index (χ0v) is 13.5. The van der Waals surface area contributed by atoms with Gasteiger partial charge in [0.2, 0.25) is 5.91 Å². The molecule has 1 aromatic heterocycles. The van der Waals surface area contributed by atoms with Crippen LogP contribution in [0.4, 0.5) is 0 Å². The molecule has 2 N–H and O–H groups in total. The van der Waals surface area contributed by atoms with Crippen molar-refractivity contribution in [3.63, 3.8) is 0 Å². The fourth-order valence-corrected chi connectivity index (χ4v) is 3.16. The van der Waals surface area contributed by atoms with E-state index in [-0.39, 0.29) is 17.4 Å². The van der Waals surface area contributed by atoms with Gasteiger partial charge in [0.1, 0.15) is 0 Å². The number of nitrogens with zero attached hydrogens (tertiary/aromatic N) is 1. The molecule has 6 heteroatoms. The van der Waals surface area contributed by atoms with Crippen LogP contribution in [0.15, 0.2) is 16.0 Å². The second kappa shape index (κ2) is 7.64. The number of hydrogen-bond acceptors (Lipinski definition) is 4. The van der Waals surface area contributed by atoms with E-state index in [1.807, 2.05) is 13.8 Å². The Kier molecular flexibility index (Phi) is 5.85. The number of nitrogens with one attached hydrogen (secondary N) is 2. The molecule has 1 aliphatic rings. The van der Waals surface area contributed by atoms with Crippen molar-refractivity contribution in [1.29, 1.82) is 0 Å². The SMILES string of the molecule is CC(C)c1cc(=O)[nH]c(SCC(=O)NC2CCCCC2)n1. The summed E-state index contributed by atoms with van der Waals surface area (Å²) in [5.74, 6) is 0.508. The average Bonchev–Trinajstić information content (AvgIpc) is 2.45. The molecule has 1 fully saturated rings. The van der Waals surface area contributed by atoms with Crippen LogP contribution in [0, 0.1) is 0 Å². The molecule has 0 aliphatic heterocycles. The Hall–Kier alpha value is -1.30. The number of amides is 1. The maximum Gasteiger partial charge on any atom is 0.251 e. The third-order valence-electron chi connectivity index (χ3n) is 3.64. The zero-order chi connectivity index (χ0) is 15.2. The molecule has 0 saturated heterocycles. The third kappa shape index (κ3) is 5.19. The van der Waals surface area contributed by atoms with Crippen molar-refractivity contribution >= 4 is 17.7 Å². The molecule has 0 atom stereocenters. The van der Waals surface area contributed by atoms with Crippen molar-refractivity contribution < 1.29 is 4.79 Å². The molecular formula is C15H23N3O2S. The highest BCUT2D eigenvalue weighted by molar-refractivity contribution is 7.99. The van der Waals surface area contributed by atoms with E-state index in [1.54, 1.807) is 0 Å². The first-order valence-electron chi connectivity index (χ1n) is 7.58. The lowest BCUT2D eigenvalue weighted by Crippen LogP contribution is -2.37. The molecule has 21 heavy (non-hydrogen) atoms. The van der Waals surface area contributed by atoms with E-state index in [1.165, 1.54) is 37.1 Å². The van der Waals surface area contributed by atoms with Gasteiger partial charge in [0.05, 0.1) is 11.4 Å². The Labute approximate surface area is 129 Å². The molecule has 0 unspecified atom stereocenters. The van der Waals surface area contributed by atoms with Gasteiger partial charge in [-0.1, -0.05) is 44.9 Å². The van der Waals surface area contributed by atoms with Crippen LogP contribution in [-0.4, -0.2) is 27.7 Å². The minimum atomic E-state index is -0.163. The lowest BCUT2D eigenvalue weighted by Gasteiger charge is -2.22. The summed E-state index contributed by atoms with van der Waals surface area (Å²) >= 11 is 1.28. The van der Waals surface area contributed by atoms with E-state index in [0.29, 0.717) is 17.0 Å². The Morgan fingerprint density at radius 3 is 2.81 bits per heavy atom. The van der Waals surface area contributed by atoms with E-state index in [2.05, 4.69) is 15.3 Å². The van der Waals surface area contributed by atoms with Crippen molar-refractivity contribution in [2.24, 2.45) is 0 Å². The predicted octanol–water partition coefficient (Wildman–Crippen LogP) is 2.43. The van der Waals surface area contributed by atoms with Crippen molar-refractivity contribution in [2.75, 3.05) is 5.75 Å². The highest BCUT2D eigenvalue weighted by Gasteiger charge is 2.16. The standard InChI is InChI=1S/C15H23N3O2S/c1-10(2)12-8-13(19)18-15(17-12)21-9-14(20)16-11-6-4-3-5-7-11/h8,10-11H,3-7,9H2,1-2H3,(H,16,20)(H,17,18,19). The number of H-pyrrole nitrogens is 1. The van der Waals surface area contributed by atoms with Gasteiger partial charge in [-0.05, 0) is 18.8 Å². The molecule has 2 rings (SSSR count). The summed E-state index contributed by atoms with van der Waals surface area (Å²) < 4.78 is 0. The van der Waals surface area contributed by atoms with Crippen LogP contribution >= 0.6 is 11.8 Å². The largest absolute Gasteiger partial charge is 0.353 e. The summed E-state index contributed by atoms with van der Waals surface area (Å²) in [5, 5.41) is 3.58. The Balaban J connectivity index is 1.87. The molecule has 1 amide bonds. The number of hydrogen-bond donors (Lipinski definition) is 2. The molecule has 1 saturated carbocycles. The summed E-state index contributed by atoms with van der Waals surface area (Å²) in [6.45, 7) is 3.98. The highest BCUT2D eigenvalue weighted by atomic mass is 32.2. The van der Waals surface area contributed by atoms with Gasteiger partial charge >= 0.3 is 0 Å². The second-order valence-corrected chi connectivity index (χ2v) is 6.79. The Morgan fingerprint density at radius 2 is 2.14 bits per heavy atom. The summed E-state index contributed by atoms with van der Waals surface area (Å²) in [6, 6.07) is 1.83. The summed E-state index contributed by atoms with van der Waals surface area (Å²) in [5.41, 5.74) is 0.595. The number of carbonyl (C=O) groups excluding carboxylic acids is 1. The molecule has 0 aromatic carbocycles. The van der Waals surface area contributed by atoms with Gasteiger partial charge in [-0.2, -0.15) is 0 Å². The van der Waals surface area contributed by atoms with E-state index in [4.69, 9.17) is 0 Å². The van der Waals surface area contributed by atoms with Crippen LogP contribution in [0.3, 0.4) is 0 Å². The van der Waals surface area contributed by atoms with Crippen LogP contribution in [0.25, 0.3) is 0 Å². The second-order valence-electron chi connectivity index (χ2n) is 5.82. The molecule has 1 aliphatic carbocycles. The molecule has 0 spiro atoms. The van der Waals surface area contributed by atoms with Gasteiger partial charge in [-0.15, -0.1) is 0 Å². The smallest absolute Gasteiger partial charge is 0.251 e. The molecule has 1 heterocycles. The van der Waals surface area contributed by atoms with Crippen molar-refractivity contribution in [3.8, 4) is 0 Å². The quantitative estimate of drug-likeness (QED) is 0.647. The third-order valence-corrected chi connectivity index (χ3v) is 4.51. The number of aromatic nitrogens is 2. The van der Waals surface area contributed by atoms with Crippen molar-refractivity contribution in [1.82, 2.24) is 15.3 Å².